The molecule has 0 radical (unpaired) electrons. The molecule has 6 nitrogen and oxygen atoms in total. The fourth-order valence-electron chi connectivity index (χ4n) is 2.10. The van der Waals surface area contributed by atoms with Crippen molar-refractivity contribution in [3.8, 4) is 0 Å². The minimum Gasteiger partial charge on any atom is -0.395 e. The van der Waals surface area contributed by atoms with E-state index in [1.54, 1.807) is 0 Å². The van der Waals surface area contributed by atoms with E-state index < -0.39 is 0 Å². The second-order valence-electron chi connectivity index (χ2n) is 4.58. The molecule has 1 aromatic heterocycles. The summed E-state index contributed by atoms with van der Waals surface area (Å²) in [6.07, 6.45) is 2.74. The number of nitrogens with one attached hydrogen (secondary N) is 2. The molecular formula is C12H20N4O2. The van der Waals surface area contributed by atoms with Crippen molar-refractivity contribution in [1.82, 2.24) is 15.5 Å². The van der Waals surface area contributed by atoms with E-state index in [2.05, 4.69) is 15.5 Å². The lowest BCUT2D eigenvalue weighted by Gasteiger charge is -2.21. The molecule has 2 heterocycles. The van der Waals surface area contributed by atoms with Crippen molar-refractivity contribution in [2.75, 3.05) is 25.5 Å². The molecule has 1 aliphatic heterocycles. The minimum atomic E-state index is -0.199. The fourth-order valence-corrected chi connectivity index (χ4v) is 2.10. The lowest BCUT2D eigenvalue weighted by Crippen LogP contribution is -2.32. The van der Waals surface area contributed by atoms with Gasteiger partial charge < -0.3 is 15.8 Å². The third kappa shape index (κ3) is 2.81. The first kappa shape index (κ1) is 12.9. The van der Waals surface area contributed by atoms with Crippen LogP contribution in [0.3, 0.4) is 0 Å². The Bertz CT molecular complexity index is 410. The number of nitrogens with zero attached hydrogens (tertiary/aromatic N) is 1. The van der Waals surface area contributed by atoms with Crippen LogP contribution in [0, 0.1) is 5.92 Å². The molecule has 18 heavy (non-hydrogen) atoms. The first-order valence-electron chi connectivity index (χ1n) is 6.41. The number of hydrogen-bond acceptors (Lipinski definition) is 4. The fraction of sp³-hybridized carbons (Fsp3) is 0.667. The predicted molar refractivity (Wildman–Crippen MR) is 68.3 cm³/mol. The summed E-state index contributed by atoms with van der Waals surface area (Å²) in [6.45, 7) is 4.19. The maximum atomic E-state index is 11.9. The normalized spacial score (nSPS) is 16.7. The molecule has 100 valence electrons. The highest BCUT2D eigenvalue weighted by atomic mass is 16.5. The van der Waals surface area contributed by atoms with Crippen LogP contribution >= 0.6 is 0 Å². The van der Waals surface area contributed by atoms with Crippen LogP contribution in [0.4, 0.5) is 5.69 Å². The monoisotopic (exact) mass is 252 g/mol. The highest BCUT2D eigenvalue weighted by Crippen LogP contribution is 2.16. The van der Waals surface area contributed by atoms with Gasteiger partial charge >= 0.3 is 0 Å². The van der Waals surface area contributed by atoms with Crippen LogP contribution in [0.2, 0.25) is 0 Å². The molecule has 1 aromatic rings. The standard InChI is InChI=1S/C12H20N4O2/c1-2-9-10(13)11(16-15-9)12(17)14-7-8-3-5-18-6-4-8/h8H,2-7,13H2,1H3,(H,14,17)(H,15,16). The molecule has 0 aliphatic carbocycles. The van der Waals surface area contributed by atoms with Gasteiger partial charge in [0.25, 0.3) is 5.91 Å². The summed E-state index contributed by atoms with van der Waals surface area (Å²) in [4.78, 5) is 11.9. The summed E-state index contributed by atoms with van der Waals surface area (Å²) in [6, 6.07) is 0. The summed E-state index contributed by atoms with van der Waals surface area (Å²) in [5.74, 6) is 0.295. The van der Waals surface area contributed by atoms with E-state index in [1.165, 1.54) is 0 Å². The van der Waals surface area contributed by atoms with E-state index in [0.29, 0.717) is 23.8 Å². The van der Waals surface area contributed by atoms with Gasteiger partial charge in [0.1, 0.15) is 0 Å². The van der Waals surface area contributed by atoms with Crippen molar-refractivity contribution in [1.29, 1.82) is 0 Å². The Morgan fingerprint density at radius 1 is 1.56 bits per heavy atom. The molecule has 0 spiro atoms. The molecule has 6 heteroatoms. The van der Waals surface area contributed by atoms with Gasteiger partial charge in [-0.15, -0.1) is 0 Å². The van der Waals surface area contributed by atoms with Gasteiger partial charge in [-0.2, -0.15) is 5.10 Å². The summed E-state index contributed by atoms with van der Waals surface area (Å²) < 4.78 is 5.28. The SMILES string of the molecule is CCc1[nH]nc(C(=O)NCC2CCOCC2)c1N. The highest BCUT2D eigenvalue weighted by molar-refractivity contribution is 5.97. The Balaban J connectivity index is 1.88. The predicted octanol–water partition coefficient (Wildman–Crippen LogP) is 0.711. The minimum absolute atomic E-state index is 0.199. The largest absolute Gasteiger partial charge is 0.395 e. The Labute approximate surface area is 106 Å². The van der Waals surface area contributed by atoms with Crippen molar-refractivity contribution in [3.05, 3.63) is 11.4 Å². The molecule has 0 unspecified atom stereocenters. The van der Waals surface area contributed by atoms with Crippen molar-refractivity contribution < 1.29 is 9.53 Å². The number of ether oxygens (including phenoxy) is 1. The van der Waals surface area contributed by atoms with E-state index in [1.807, 2.05) is 6.92 Å². The topological polar surface area (TPSA) is 93.0 Å². The van der Waals surface area contributed by atoms with Gasteiger partial charge in [0.15, 0.2) is 5.69 Å². The van der Waals surface area contributed by atoms with E-state index >= 15 is 0 Å². The van der Waals surface area contributed by atoms with Gasteiger partial charge in [0.05, 0.1) is 11.4 Å². The Hall–Kier alpha value is -1.56. The van der Waals surface area contributed by atoms with Gasteiger partial charge in [-0.1, -0.05) is 6.92 Å². The number of anilines is 1. The molecule has 1 amide bonds. The van der Waals surface area contributed by atoms with Crippen LogP contribution in [0.5, 0.6) is 0 Å². The Kier molecular flexibility index (Phi) is 4.19. The van der Waals surface area contributed by atoms with Crippen molar-refractivity contribution in [3.63, 3.8) is 0 Å². The molecule has 4 N–H and O–H groups in total. The molecule has 2 rings (SSSR count). The number of aromatic nitrogens is 2. The number of carbonyl (C=O) groups excluding carboxylic acids is 1. The number of rotatable bonds is 4. The summed E-state index contributed by atoms with van der Waals surface area (Å²) >= 11 is 0. The maximum Gasteiger partial charge on any atom is 0.273 e. The number of nitrogen functional groups attached to an aromatic ring is 1. The van der Waals surface area contributed by atoms with E-state index in [-0.39, 0.29) is 5.91 Å². The number of H-pyrrole nitrogens is 1. The molecule has 0 atom stereocenters. The molecular weight excluding hydrogens is 232 g/mol. The second kappa shape index (κ2) is 5.86. The van der Waals surface area contributed by atoms with Gasteiger partial charge in [-0.3, -0.25) is 9.89 Å². The van der Waals surface area contributed by atoms with E-state index in [9.17, 15) is 4.79 Å². The molecule has 1 saturated heterocycles. The molecule has 0 aromatic carbocycles. The second-order valence-corrected chi connectivity index (χ2v) is 4.58. The van der Waals surface area contributed by atoms with Gasteiger partial charge in [-0.05, 0) is 25.2 Å². The zero-order valence-electron chi connectivity index (χ0n) is 10.7. The van der Waals surface area contributed by atoms with Crippen LogP contribution in [0.15, 0.2) is 0 Å². The van der Waals surface area contributed by atoms with Gasteiger partial charge in [0, 0.05) is 19.8 Å². The Morgan fingerprint density at radius 3 is 2.89 bits per heavy atom. The van der Waals surface area contributed by atoms with Crippen molar-refractivity contribution >= 4 is 11.6 Å². The number of amides is 1. The molecule has 1 fully saturated rings. The van der Waals surface area contributed by atoms with Crippen molar-refractivity contribution in [2.24, 2.45) is 5.92 Å². The van der Waals surface area contributed by atoms with Crippen LogP contribution < -0.4 is 11.1 Å². The average Bonchev–Trinajstić information content (AvgIpc) is 2.78. The van der Waals surface area contributed by atoms with Gasteiger partial charge in [-0.25, -0.2) is 0 Å². The summed E-state index contributed by atoms with van der Waals surface area (Å²) in [7, 11) is 0. The van der Waals surface area contributed by atoms with E-state index in [0.717, 1.165) is 38.2 Å². The number of carbonyl (C=O) groups is 1. The van der Waals surface area contributed by atoms with Crippen LogP contribution in [-0.2, 0) is 11.2 Å². The third-order valence-electron chi connectivity index (χ3n) is 3.34. The summed E-state index contributed by atoms with van der Waals surface area (Å²) in [5, 5.41) is 9.64. The number of hydrogen-bond donors (Lipinski definition) is 3. The molecule has 0 saturated carbocycles. The average molecular weight is 252 g/mol. The lowest BCUT2D eigenvalue weighted by atomic mass is 10.0. The zero-order valence-corrected chi connectivity index (χ0v) is 10.7. The number of aromatic amines is 1. The van der Waals surface area contributed by atoms with Crippen LogP contribution in [-0.4, -0.2) is 35.9 Å². The number of aryl methyl sites for hydroxylation is 1. The maximum absolute atomic E-state index is 11.9. The van der Waals surface area contributed by atoms with Crippen LogP contribution in [0.25, 0.3) is 0 Å². The molecule has 1 aliphatic rings. The quantitative estimate of drug-likeness (QED) is 0.735. The summed E-state index contributed by atoms with van der Waals surface area (Å²) in [5.41, 5.74) is 7.42. The zero-order chi connectivity index (χ0) is 13.0. The lowest BCUT2D eigenvalue weighted by molar-refractivity contribution is 0.0642. The first-order chi connectivity index (χ1) is 8.72. The first-order valence-corrected chi connectivity index (χ1v) is 6.41. The van der Waals surface area contributed by atoms with E-state index in [4.69, 9.17) is 10.5 Å². The molecule has 0 bridgehead atoms. The smallest absolute Gasteiger partial charge is 0.273 e. The number of nitrogens with two attached hydrogens (primary N) is 1. The van der Waals surface area contributed by atoms with Crippen molar-refractivity contribution in [2.45, 2.75) is 26.2 Å². The van der Waals surface area contributed by atoms with Gasteiger partial charge in [0.2, 0.25) is 0 Å². The highest BCUT2D eigenvalue weighted by Gasteiger charge is 2.19. The third-order valence-corrected chi connectivity index (χ3v) is 3.34. The Morgan fingerprint density at radius 2 is 2.28 bits per heavy atom. The van der Waals surface area contributed by atoms with Crippen LogP contribution in [0.1, 0.15) is 35.9 Å².